The van der Waals surface area contributed by atoms with Crippen LogP contribution in [0.1, 0.15) is 15.9 Å². The number of amides is 1. The number of nitrogens with one attached hydrogen (secondary N) is 1. The first kappa shape index (κ1) is 13.9. The van der Waals surface area contributed by atoms with Crippen LogP contribution in [0, 0.1) is 12.7 Å². The minimum atomic E-state index is -0.630. The molecule has 1 amide bonds. The smallest absolute Gasteiger partial charge is 0.258 e. The number of carbonyl (C=O) groups excluding carboxylic acids is 1. The van der Waals surface area contributed by atoms with Crippen molar-refractivity contribution in [3.8, 4) is 5.75 Å². The fraction of sp³-hybridized carbons (Fsp3) is 0.133. The molecule has 5 heteroatoms. The Bertz CT molecular complexity index is 656. The van der Waals surface area contributed by atoms with Crippen molar-refractivity contribution in [1.29, 1.82) is 0 Å². The molecule has 0 bridgehead atoms. The van der Waals surface area contributed by atoms with Crippen molar-refractivity contribution in [2.24, 2.45) is 0 Å². The molecular formula is C15H15FN2O2. The fourth-order valence-corrected chi connectivity index (χ4v) is 1.82. The Hall–Kier alpha value is -2.56. The van der Waals surface area contributed by atoms with E-state index in [1.54, 1.807) is 18.2 Å². The van der Waals surface area contributed by atoms with Gasteiger partial charge in [-0.1, -0.05) is 0 Å². The van der Waals surface area contributed by atoms with E-state index in [0.29, 0.717) is 17.1 Å². The largest absolute Gasteiger partial charge is 0.497 e. The molecule has 0 fully saturated rings. The maximum absolute atomic E-state index is 13.8. The summed E-state index contributed by atoms with van der Waals surface area (Å²) in [6.07, 6.45) is 0. The Balaban J connectivity index is 2.24. The molecule has 0 unspecified atom stereocenters. The van der Waals surface area contributed by atoms with Crippen LogP contribution in [-0.4, -0.2) is 13.0 Å². The van der Waals surface area contributed by atoms with E-state index in [4.69, 9.17) is 10.5 Å². The average Bonchev–Trinajstić information content (AvgIpc) is 2.41. The molecule has 0 aliphatic carbocycles. The van der Waals surface area contributed by atoms with Gasteiger partial charge in [0.05, 0.1) is 12.7 Å². The summed E-state index contributed by atoms with van der Waals surface area (Å²) in [5, 5.41) is 2.66. The Kier molecular flexibility index (Phi) is 3.89. The van der Waals surface area contributed by atoms with Gasteiger partial charge in [-0.25, -0.2) is 4.39 Å². The highest BCUT2D eigenvalue weighted by atomic mass is 19.1. The van der Waals surface area contributed by atoms with E-state index in [1.807, 2.05) is 6.92 Å². The molecule has 20 heavy (non-hydrogen) atoms. The summed E-state index contributed by atoms with van der Waals surface area (Å²) in [6, 6.07) is 9.19. The maximum atomic E-state index is 13.8. The molecule has 2 aromatic rings. The molecule has 104 valence electrons. The zero-order chi connectivity index (χ0) is 14.7. The highest BCUT2D eigenvalue weighted by molar-refractivity contribution is 6.05. The average molecular weight is 274 g/mol. The lowest BCUT2D eigenvalue weighted by atomic mass is 10.1. The summed E-state index contributed by atoms with van der Waals surface area (Å²) in [4.78, 5) is 12.0. The third-order valence-corrected chi connectivity index (χ3v) is 2.92. The van der Waals surface area contributed by atoms with Gasteiger partial charge in [0.15, 0.2) is 0 Å². The molecule has 0 radical (unpaired) electrons. The van der Waals surface area contributed by atoms with Gasteiger partial charge in [0.1, 0.15) is 11.6 Å². The lowest BCUT2D eigenvalue weighted by molar-refractivity contribution is 0.102. The summed E-state index contributed by atoms with van der Waals surface area (Å²) in [5.74, 6) is -0.782. The number of anilines is 2. The number of nitrogen functional groups attached to an aromatic ring is 1. The lowest BCUT2D eigenvalue weighted by Gasteiger charge is -2.10. The molecule has 0 aliphatic heterocycles. The number of rotatable bonds is 3. The summed E-state index contributed by atoms with van der Waals surface area (Å²) in [6.45, 7) is 1.82. The van der Waals surface area contributed by atoms with Gasteiger partial charge in [0, 0.05) is 17.4 Å². The van der Waals surface area contributed by atoms with Crippen LogP contribution < -0.4 is 15.8 Å². The Morgan fingerprint density at radius 2 is 2.00 bits per heavy atom. The minimum Gasteiger partial charge on any atom is -0.497 e. The first-order valence-corrected chi connectivity index (χ1v) is 6.02. The van der Waals surface area contributed by atoms with Gasteiger partial charge in [-0.15, -0.1) is 0 Å². The molecule has 4 nitrogen and oxygen atoms in total. The van der Waals surface area contributed by atoms with Crippen LogP contribution in [0.15, 0.2) is 36.4 Å². The number of hydrogen-bond acceptors (Lipinski definition) is 3. The van der Waals surface area contributed by atoms with Gasteiger partial charge in [-0.05, 0) is 42.8 Å². The minimum absolute atomic E-state index is 0.0398. The second kappa shape index (κ2) is 5.61. The van der Waals surface area contributed by atoms with Crippen LogP contribution >= 0.6 is 0 Å². The molecule has 0 saturated carbocycles. The van der Waals surface area contributed by atoms with Crippen LogP contribution in [-0.2, 0) is 0 Å². The van der Waals surface area contributed by atoms with Crippen molar-refractivity contribution in [2.45, 2.75) is 6.92 Å². The lowest BCUT2D eigenvalue weighted by Crippen LogP contribution is -2.14. The van der Waals surface area contributed by atoms with Crippen molar-refractivity contribution in [3.05, 3.63) is 53.3 Å². The second-order valence-electron chi connectivity index (χ2n) is 4.37. The molecule has 0 spiro atoms. The zero-order valence-electron chi connectivity index (χ0n) is 11.2. The van der Waals surface area contributed by atoms with E-state index in [1.165, 1.54) is 25.3 Å². The maximum Gasteiger partial charge on any atom is 0.258 e. The topological polar surface area (TPSA) is 64.3 Å². The van der Waals surface area contributed by atoms with Crippen LogP contribution in [0.3, 0.4) is 0 Å². The second-order valence-corrected chi connectivity index (χ2v) is 4.37. The number of ether oxygens (including phenoxy) is 1. The summed E-state index contributed by atoms with van der Waals surface area (Å²) in [7, 11) is 1.44. The van der Waals surface area contributed by atoms with E-state index in [9.17, 15) is 9.18 Å². The first-order chi connectivity index (χ1) is 9.51. The summed E-state index contributed by atoms with van der Waals surface area (Å²) in [5.41, 5.74) is 7.62. The van der Waals surface area contributed by atoms with Crippen LogP contribution in [0.25, 0.3) is 0 Å². The number of halogens is 1. The monoisotopic (exact) mass is 274 g/mol. The van der Waals surface area contributed by atoms with E-state index in [-0.39, 0.29) is 5.56 Å². The van der Waals surface area contributed by atoms with Crippen molar-refractivity contribution < 1.29 is 13.9 Å². The van der Waals surface area contributed by atoms with Crippen LogP contribution in [0.5, 0.6) is 5.75 Å². The van der Waals surface area contributed by atoms with Crippen molar-refractivity contribution in [3.63, 3.8) is 0 Å². The number of methoxy groups -OCH3 is 1. The highest BCUT2D eigenvalue weighted by Crippen LogP contribution is 2.21. The third-order valence-electron chi connectivity index (χ3n) is 2.92. The molecule has 0 heterocycles. The van der Waals surface area contributed by atoms with Crippen LogP contribution in [0.4, 0.5) is 15.8 Å². The molecule has 3 N–H and O–H groups in total. The van der Waals surface area contributed by atoms with Gasteiger partial charge in [0.2, 0.25) is 0 Å². The predicted molar refractivity (Wildman–Crippen MR) is 76.5 cm³/mol. The Morgan fingerprint density at radius 3 is 2.60 bits per heavy atom. The number of nitrogens with two attached hydrogens (primary N) is 1. The first-order valence-electron chi connectivity index (χ1n) is 6.02. The highest BCUT2D eigenvalue weighted by Gasteiger charge is 2.13. The van der Waals surface area contributed by atoms with Gasteiger partial charge >= 0.3 is 0 Å². The van der Waals surface area contributed by atoms with Gasteiger partial charge in [-0.2, -0.15) is 0 Å². The van der Waals surface area contributed by atoms with E-state index in [2.05, 4.69) is 5.32 Å². The molecule has 0 saturated heterocycles. The Morgan fingerprint density at radius 1 is 1.25 bits per heavy atom. The molecule has 0 aliphatic rings. The molecular weight excluding hydrogens is 259 g/mol. The van der Waals surface area contributed by atoms with Crippen molar-refractivity contribution in [1.82, 2.24) is 0 Å². The van der Waals surface area contributed by atoms with Crippen molar-refractivity contribution >= 4 is 17.3 Å². The SMILES string of the molecule is COc1ccc(C(=O)Nc2ccc(N)cc2C)c(F)c1. The molecule has 2 aromatic carbocycles. The number of hydrogen-bond donors (Lipinski definition) is 2. The normalized spacial score (nSPS) is 10.2. The standard InChI is InChI=1S/C15H15FN2O2/c1-9-7-10(17)3-6-14(9)18-15(19)12-5-4-11(20-2)8-13(12)16/h3-8H,17H2,1-2H3,(H,18,19). The van der Waals surface area contributed by atoms with Crippen molar-refractivity contribution in [2.75, 3.05) is 18.2 Å². The fourth-order valence-electron chi connectivity index (χ4n) is 1.82. The molecule has 0 aromatic heterocycles. The summed E-state index contributed by atoms with van der Waals surface area (Å²) < 4.78 is 18.7. The Labute approximate surface area is 116 Å². The number of carbonyl (C=O) groups is 1. The quantitative estimate of drug-likeness (QED) is 0.846. The van der Waals surface area contributed by atoms with Crippen LogP contribution in [0.2, 0.25) is 0 Å². The zero-order valence-corrected chi connectivity index (χ0v) is 11.2. The number of benzene rings is 2. The molecule has 2 rings (SSSR count). The van der Waals surface area contributed by atoms with Gasteiger partial charge in [-0.3, -0.25) is 4.79 Å². The number of aryl methyl sites for hydroxylation is 1. The summed E-state index contributed by atoms with van der Waals surface area (Å²) >= 11 is 0. The van der Waals surface area contributed by atoms with Gasteiger partial charge in [0.25, 0.3) is 5.91 Å². The predicted octanol–water partition coefficient (Wildman–Crippen LogP) is 2.98. The van der Waals surface area contributed by atoms with Gasteiger partial charge < -0.3 is 15.8 Å². The van der Waals surface area contributed by atoms with E-state index in [0.717, 1.165) is 5.56 Å². The third kappa shape index (κ3) is 2.88. The van der Waals surface area contributed by atoms with E-state index < -0.39 is 11.7 Å². The van der Waals surface area contributed by atoms with E-state index >= 15 is 0 Å². The molecule has 0 atom stereocenters.